The van der Waals surface area contributed by atoms with Crippen molar-refractivity contribution in [1.29, 1.82) is 0 Å². The van der Waals surface area contributed by atoms with E-state index in [9.17, 15) is 4.79 Å². The average molecular weight is 447 g/mol. The van der Waals surface area contributed by atoms with Gasteiger partial charge in [0.05, 0.1) is 15.8 Å². The number of nitrogens with zero attached hydrogens (tertiary/aromatic N) is 3. The Morgan fingerprint density at radius 1 is 1.10 bits per heavy atom. The molecule has 8 heteroatoms. The second-order valence-electron chi connectivity index (χ2n) is 6.25. The highest BCUT2D eigenvalue weighted by molar-refractivity contribution is 7.99. The van der Waals surface area contributed by atoms with E-state index >= 15 is 0 Å². The minimum absolute atomic E-state index is 0.160. The summed E-state index contributed by atoms with van der Waals surface area (Å²) in [7, 11) is 0. The number of amides is 1. The smallest absolute Gasteiger partial charge is 0.234 e. The van der Waals surface area contributed by atoms with Gasteiger partial charge in [0.1, 0.15) is 5.82 Å². The van der Waals surface area contributed by atoms with Crippen molar-refractivity contribution in [2.75, 3.05) is 11.1 Å². The molecule has 0 bridgehead atoms. The first-order valence-electron chi connectivity index (χ1n) is 9.01. The van der Waals surface area contributed by atoms with Crippen molar-refractivity contribution in [3.05, 3.63) is 82.6 Å². The molecular formula is C21H20Cl2N4OS. The molecule has 0 saturated heterocycles. The summed E-state index contributed by atoms with van der Waals surface area (Å²) >= 11 is 13.2. The van der Waals surface area contributed by atoms with Crippen LogP contribution in [0.1, 0.15) is 11.4 Å². The number of aromatic nitrogens is 3. The quantitative estimate of drug-likeness (QED) is 0.358. The van der Waals surface area contributed by atoms with Crippen LogP contribution < -0.4 is 5.32 Å². The molecule has 1 amide bonds. The third kappa shape index (κ3) is 6.10. The summed E-state index contributed by atoms with van der Waals surface area (Å²) in [4.78, 5) is 12.3. The predicted octanol–water partition coefficient (Wildman–Crippen LogP) is 5.29. The van der Waals surface area contributed by atoms with Crippen molar-refractivity contribution in [3.63, 3.8) is 0 Å². The Morgan fingerprint density at radius 3 is 2.62 bits per heavy atom. The molecule has 0 aliphatic rings. The van der Waals surface area contributed by atoms with Crippen LogP contribution in [0.2, 0.25) is 10.0 Å². The largest absolute Gasteiger partial charge is 0.325 e. The van der Waals surface area contributed by atoms with E-state index in [0.717, 1.165) is 18.7 Å². The number of anilines is 1. The van der Waals surface area contributed by atoms with Crippen LogP contribution in [-0.2, 0) is 24.2 Å². The van der Waals surface area contributed by atoms with Crippen LogP contribution in [0.25, 0.3) is 0 Å². The minimum atomic E-state index is -0.160. The number of nitrogens with one attached hydrogen (secondary N) is 1. The highest BCUT2D eigenvalue weighted by Gasteiger charge is 2.14. The first-order chi connectivity index (χ1) is 14.1. The van der Waals surface area contributed by atoms with E-state index in [0.29, 0.717) is 27.4 Å². The zero-order chi connectivity index (χ0) is 20.6. The Morgan fingerprint density at radius 2 is 1.90 bits per heavy atom. The number of halogens is 2. The van der Waals surface area contributed by atoms with Crippen LogP contribution in [-0.4, -0.2) is 26.4 Å². The van der Waals surface area contributed by atoms with Crippen molar-refractivity contribution < 1.29 is 4.79 Å². The summed E-state index contributed by atoms with van der Waals surface area (Å²) in [5.41, 5.74) is 1.84. The van der Waals surface area contributed by atoms with Gasteiger partial charge >= 0.3 is 0 Å². The van der Waals surface area contributed by atoms with Crippen LogP contribution >= 0.6 is 35.0 Å². The maximum absolute atomic E-state index is 12.3. The summed E-state index contributed by atoms with van der Waals surface area (Å²) in [5, 5.41) is 12.9. The molecule has 29 heavy (non-hydrogen) atoms. The summed E-state index contributed by atoms with van der Waals surface area (Å²) in [5.74, 6) is 0.919. The Bertz CT molecular complexity index is 992. The van der Waals surface area contributed by atoms with Crippen LogP contribution in [0, 0.1) is 0 Å². The molecule has 150 valence electrons. The number of aryl methyl sites for hydroxylation is 2. The van der Waals surface area contributed by atoms with Gasteiger partial charge in [-0.3, -0.25) is 4.79 Å². The van der Waals surface area contributed by atoms with Gasteiger partial charge in [-0.15, -0.1) is 16.8 Å². The van der Waals surface area contributed by atoms with E-state index in [-0.39, 0.29) is 11.7 Å². The van der Waals surface area contributed by atoms with E-state index in [4.69, 9.17) is 23.2 Å². The molecule has 3 rings (SSSR count). The van der Waals surface area contributed by atoms with Crippen LogP contribution in [0.3, 0.4) is 0 Å². The number of rotatable bonds is 9. The van der Waals surface area contributed by atoms with Crippen LogP contribution in [0.15, 0.2) is 66.3 Å². The second kappa shape index (κ2) is 10.5. The fraction of sp³-hybridized carbons (Fsp3) is 0.190. The Hall–Kier alpha value is -2.28. The molecule has 3 aromatic rings. The maximum atomic E-state index is 12.3. The van der Waals surface area contributed by atoms with Gasteiger partial charge in [-0.1, -0.05) is 71.4 Å². The molecule has 0 aliphatic heterocycles. The van der Waals surface area contributed by atoms with E-state index in [1.54, 1.807) is 24.3 Å². The first kappa shape index (κ1) is 21.4. The van der Waals surface area contributed by atoms with Gasteiger partial charge in [-0.25, -0.2) is 0 Å². The summed E-state index contributed by atoms with van der Waals surface area (Å²) in [6, 6.07) is 15.2. The standard InChI is InChI=1S/C21H20Cl2N4OS/c1-2-12-27-19(11-8-15-6-4-3-5-7-15)25-26-21(27)29-14-20(28)24-16-9-10-17(22)18(23)13-16/h2-7,9-10,13H,1,8,11-12,14H2,(H,24,28). The molecule has 1 N–H and O–H groups in total. The molecule has 0 unspecified atom stereocenters. The second-order valence-corrected chi connectivity index (χ2v) is 8.01. The highest BCUT2D eigenvalue weighted by Crippen LogP contribution is 2.25. The number of hydrogen-bond donors (Lipinski definition) is 1. The number of benzene rings is 2. The van der Waals surface area contributed by atoms with Gasteiger partial charge < -0.3 is 9.88 Å². The SMILES string of the molecule is C=CCn1c(CCc2ccccc2)nnc1SCC(=O)Nc1ccc(Cl)c(Cl)c1. The number of carbonyl (C=O) groups excluding carboxylic acids is 1. The third-order valence-electron chi connectivity index (χ3n) is 4.12. The Balaban J connectivity index is 1.60. The van der Waals surface area contributed by atoms with Crippen molar-refractivity contribution >= 4 is 46.6 Å². The molecule has 0 saturated carbocycles. The lowest BCUT2D eigenvalue weighted by atomic mass is 10.1. The lowest BCUT2D eigenvalue weighted by molar-refractivity contribution is -0.113. The summed E-state index contributed by atoms with van der Waals surface area (Å²) in [6.07, 6.45) is 3.44. The summed E-state index contributed by atoms with van der Waals surface area (Å²) < 4.78 is 1.99. The van der Waals surface area contributed by atoms with Gasteiger partial charge in [0, 0.05) is 18.7 Å². The van der Waals surface area contributed by atoms with Crippen LogP contribution in [0.5, 0.6) is 0 Å². The molecule has 0 atom stereocenters. The molecule has 0 radical (unpaired) electrons. The Labute approximate surface area is 184 Å². The zero-order valence-corrected chi connectivity index (χ0v) is 18.0. The van der Waals surface area contributed by atoms with Gasteiger partial charge in [0.25, 0.3) is 0 Å². The fourth-order valence-electron chi connectivity index (χ4n) is 2.73. The van der Waals surface area contributed by atoms with Gasteiger partial charge in [-0.2, -0.15) is 0 Å². The van der Waals surface area contributed by atoms with Crippen molar-refractivity contribution in [1.82, 2.24) is 14.8 Å². The molecular weight excluding hydrogens is 427 g/mol. The van der Waals surface area contributed by atoms with Crippen molar-refractivity contribution in [2.24, 2.45) is 0 Å². The van der Waals surface area contributed by atoms with Crippen LogP contribution in [0.4, 0.5) is 5.69 Å². The van der Waals surface area contributed by atoms with Crippen molar-refractivity contribution in [2.45, 2.75) is 24.5 Å². The molecule has 0 fully saturated rings. The molecule has 5 nitrogen and oxygen atoms in total. The number of allylic oxidation sites excluding steroid dienone is 1. The lowest BCUT2D eigenvalue weighted by Crippen LogP contribution is -2.15. The van der Waals surface area contributed by atoms with Gasteiger partial charge in [0.15, 0.2) is 5.16 Å². The first-order valence-corrected chi connectivity index (χ1v) is 10.8. The number of carbonyl (C=O) groups is 1. The topological polar surface area (TPSA) is 59.8 Å². The normalized spacial score (nSPS) is 10.7. The third-order valence-corrected chi connectivity index (χ3v) is 5.83. The Kier molecular flexibility index (Phi) is 7.75. The monoisotopic (exact) mass is 446 g/mol. The molecule has 1 aromatic heterocycles. The van der Waals surface area contributed by atoms with Gasteiger partial charge in [0.2, 0.25) is 5.91 Å². The molecule has 0 spiro atoms. The minimum Gasteiger partial charge on any atom is -0.325 e. The lowest BCUT2D eigenvalue weighted by Gasteiger charge is -2.09. The van der Waals surface area contributed by atoms with Crippen molar-refractivity contribution in [3.8, 4) is 0 Å². The average Bonchev–Trinajstić information content (AvgIpc) is 3.10. The summed E-state index contributed by atoms with van der Waals surface area (Å²) in [6.45, 7) is 4.41. The molecule has 2 aromatic carbocycles. The highest BCUT2D eigenvalue weighted by atomic mass is 35.5. The van der Waals surface area contributed by atoms with E-state index in [1.807, 2.05) is 22.8 Å². The fourth-order valence-corrected chi connectivity index (χ4v) is 3.79. The van der Waals surface area contributed by atoms with E-state index in [1.165, 1.54) is 17.3 Å². The van der Waals surface area contributed by atoms with E-state index < -0.39 is 0 Å². The number of thioether (sulfide) groups is 1. The zero-order valence-electron chi connectivity index (χ0n) is 15.6. The molecule has 0 aliphatic carbocycles. The van der Waals surface area contributed by atoms with E-state index in [2.05, 4.69) is 34.2 Å². The predicted molar refractivity (Wildman–Crippen MR) is 120 cm³/mol. The number of hydrogen-bond acceptors (Lipinski definition) is 4. The maximum Gasteiger partial charge on any atom is 0.234 e. The van der Waals surface area contributed by atoms with Gasteiger partial charge in [-0.05, 0) is 30.2 Å². The molecule has 1 heterocycles.